The van der Waals surface area contributed by atoms with Crippen LogP contribution in [0.4, 0.5) is 0 Å². The fourth-order valence-electron chi connectivity index (χ4n) is 3.41. The minimum Gasteiger partial charge on any atom is -0.462 e. The fourth-order valence-corrected chi connectivity index (χ4v) is 3.78. The summed E-state index contributed by atoms with van der Waals surface area (Å²) in [7, 11) is -4.16. The van der Waals surface area contributed by atoms with Crippen LogP contribution in [0.15, 0.2) is 24.3 Å². The van der Waals surface area contributed by atoms with Crippen molar-refractivity contribution in [1.29, 1.82) is 0 Å². The molecule has 0 saturated heterocycles. The first-order chi connectivity index (χ1) is 11.0. The first kappa shape index (κ1) is 16.7. The van der Waals surface area contributed by atoms with E-state index in [9.17, 15) is 8.42 Å². The Morgan fingerprint density at radius 1 is 1.22 bits per heavy atom. The summed E-state index contributed by atoms with van der Waals surface area (Å²) in [6, 6.07) is 7.90. The number of fused-ring (bicyclic) bond motifs is 1. The molecule has 1 saturated carbocycles. The van der Waals surface area contributed by atoms with Gasteiger partial charge in [0.05, 0.1) is 6.10 Å². The van der Waals surface area contributed by atoms with E-state index in [-0.39, 0.29) is 12.6 Å². The number of hydrogen-bond acceptors (Lipinski definition) is 4. The number of benzene rings is 1. The minimum absolute atomic E-state index is 0.141. The number of nitrogens with one attached hydrogen (secondary N) is 1. The van der Waals surface area contributed by atoms with Crippen LogP contribution in [0.1, 0.15) is 44.1 Å². The van der Waals surface area contributed by atoms with Crippen molar-refractivity contribution < 1.29 is 22.4 Å². The molecule has 23 heavy (non-hydrogen) atoms. The molecule has 1 aliphatic heterocycles. The molecule has 128 valence electrons. The summed E-state index contributed by atoms with van der Waals surface area (Å²) >= 11 is 0. The van der Waals surface area contributed by atoms with E-state index in [1.165, 1.54) is 6.42 Å². The predicted octanol–water partition coefficient (Wildman–Crippen LogP) is 2.45. The highest BCUT2D eigenvalue weighted by Crippen LogP contribution is 2.39. The van der Waals surface area contributed by atoms with Crippen molar-refractivity contribution in [3.8, 4) is 5.75 Å². The molecule has 0 aromatic heterocycles. The van der Waals surface area contributed by atoms with Crippen LogP contribution >= 0.6 is 0 Å². The number of rotatable bonds is 4. The van der Waals surface area contributed by atoms with Gasteiger partial charge in [-0.05, 0) is 30.9 Å². The molecule has 1 spiro atoms. The van der Waals surface area contributed by atoms with Gasteiger partial charge in [-0.2, -0.15) is 13.1 Å². The summed E-state index contributed by atoms with van der Waals surface area (Å²) in [5, 5.41) is 0. The molecule has 2 N–H and O–H groups in total. The molecule has 2 aliphatic rings. The molecule has 1 atom stereocenters. The summed E-state index contributed by atoms with van der Waals surface area (Å²) in [4.78, 5) is 0. The number of para-hydroxylation sites is 1. The van der Waals surface area contributed by atoms with Crippen molar-refractivity contribution in [3.63, 3.8) is 0 Å². The maximum absolute atomic E-state index is 10.8. The standard InChI is InChI=1S/C16H23NO5S/c18-23(19,20)17-11-8-14-12-13-6-2-3-7-15(13)22-16(21-14)9-4-1-5-10-16/h2-3,6-7,14,17H,1,4-5,8-12H2,(H,18,19,20). The molecular formula is C16H23NO5S. The Balaban J connectivity index is 1.77. The second-order valence-electron chi connectivity index (χ2n) is 6.28. The van der Waals surface area contributed by atoms with Gasteiger partial charge in [-0.1, -0.05) is 24.6 Å². The lowest BCUT2D eigenvalue weighted by Gasteiger charge is -2.38. The van der Waals surface area contributed by atoms with Crippen molar-refractivity contribution in [2.75, 3.05) is 6.54 Å². The van der Waals surface area contributed by atoms with Crippen LogP contribution in [0, 0.1) is 0 Å². The Morgan fingerprint density at radius 2 is 1.96 bits per heavy atom. The minimum atomic E-state index is -4.16. The molecule has 1 aliphatic carbocycles. The van der Waals surface area contributed by atoms with Crippen molar-refractivity contribution in [2.45, 2.75) is 56.8 Å². The first-order valence-electron chi connectivity index (χ1n) is 8.13. The molecule has 0 bridgehead atoms. The zero-order chi connectivity index (χ0) is 16.3. The number of ether oxygens (including phenoxy) is 2. The lowest BCUT2D eigenvalue weighted by Crippen LogP contribution is -2.43. The molecule has 7 heteroatoms. The quantitative estimate of drug-likeness (QED) is 0.822. The molecular weight excluding hydrogens is 318 g/mol. The zero-order valence-corrected chi connectivity index (χ0v) is 13.8. The van der Waals surface area contributed by atoms with Crippen LogP contribution in [0.3, 0.4) is 0 Å². The summed E-state index contributed by atoms with van der Waals surface area (Å²) < 4.78 is 45.1. The van der Waals surface area contributed by atoms with E-state index in [4.69, 9.17) is 14.0 Å². The van der Waals surface area contributed by atoms with Gasteiger partial charge < -0.3 is 9.47 Å². The van der Waals surface area contributed by atoms with Gasteiger partial charge in [-0.25, -0.2) is 0 Å². The van der Waals surface area contributed by atoms with E-state index in [1.54, 1.807) is 0 Å². The van der Waals surface area contributed by atoms with Crippen molar-refractivity contribution >= 4 is 10.3 Å². The van der Waals surface area contributed by atoms with Gasteiger partial charge in [0.15, 0.2) is 0 Å². The highest BCUT2D eigenvalue weighted by Gasteiger charge is 2.40. The van der Waals surface area contributed by atoms with Crippen molar-refractivity contribution in [2.24, 2.45) is 0 Å². The highest BCUT2D eigenvalue weighted by molar-refractivity contribution is 7.83. The van der Waals surface area contributed by atoms with Gasteiger partial charge in [0.2, 0.25) is 5.79 Å². The lowest BCUT2D eigenvalue weighted by atomic mass is 9.93. The molecule has 1 aromatic rings. The zero-order valence-electron chi connectivity index (χ0n) is 13.0. The van der Waals surface area contributed by atoms with E-state index >= 15 is 0 Å². The van der Waals surface area contributed by atoms with Crippen LogP contribution in [-0.2, 0) is 21.5 Å². The van der Waals surface area contributed by atoms with E-state index in [1.807, 2.05) is 24.3 Å². The largest absolute Gasteiger partial charge is 0.462 e. The summed E-state index contributed by atoms with van der Waals surface area (Å²) in [6.45, 7) is 0.141. The normalized spacial score (nSPS) is 23.8. The maximum atomic E-state index is 10.8. The van der Waals surface area contributed by atoms with E-state index in [0.717, 1.165) is 37.0 Å². The van der Waals surface area contributed by atoms with Crippen LogP contribution in [0.2, 0.25) is 0 Å². The topological polar surface area (TPSA) is 84.9 Å². The fraction of sp³-hybridized carbons (Fsp3) is 0.625. The van der Waals surface area contributed by atoms with Gasteiger partial charge >= 0.3 is 10.3 Å². The average molecular weight is 341 g/mol. The van der Waals surface area contributed by atoms with E-state index in [0.29, 0.717) is 12.8 Å². The summed E-state index contributed by atoms with van der Waals surface area (Å²) in [5.41, 5.74) is 1.08. The molecule has 1 aromatic carbocycles. The molecule has 6 nitrogen and oxygen atoms in total. The monoisotopic (exact) mass is 341 g/mol. The molecule has 0 radical (unpaired) electrons. The lowest BCUT2D eigenvalue weighted by molar-refractivity contribution is -0.222. The summed E-state index contributed by atoms with van der Waals surface area (Å²) in [6.07, 6.45) is 6.03. The Morgan fingerprint density at radius 3 is 2.70 bits per heavy atom. The third-order valence-electron chi connectivity index (χ3n) is 4.46. The van der Waals surface area contributed by atoms with E-state index < -0.39 is 16.1 Å². The predicted molar refractivity (Wildman–Crippen MR) is 85.6 cm³/mol. The highest BCUT2D eigenvalue weighted by atomic mass is 32.2. The molecule has 1 heterocycles. The Bertz CT molecular complexity index is 640. The Hall–Kier alpha value is -1.15. The van der Waals surface area contributed by atoms with Crippen LogP contribution in [0.5, 0.6) is 5.75 Å². The van der Waals surface area contributed by atoms with Gasteiger partial charge in [-0.3, -0.25) is 4.55 Å². The third-order valence-corrected chi connectivity index (χ3v) is 5.03. The average Bonchev–Trinajstić information content (AvgIpc) is 2.62. The number of hydrogen-bond donors (Lipinski definition) is 2. The van der Waals surface area contributed by atoms with Gasteiger partial charge in [-0.15, -0.1) is 0 Å². The Labute approximate surface area is 137 Å². The SMILES string of the molecule is O=S(=O)(O)NCCC1Cc2ccccc2OC2(CCCCC2)O1. The van der Waals surface area contributed by atoms with Gasteiger partial charge in [0, 0.05) is 25.8 Å². The second kappa shape index (κ2) is 6.76. The Kier molecular flexibility index (Phi) is 4.91. The van der Waals surface area contributed by atoms with Crippen molar-refractivity contribution in [3.05, 3.63) is 29.8 Å². The van der Waals surface area contributed by atoms with Crippen molar-refractivity contribution in [1.82, 2.24) is 4.72 Å². The third kappa shape index (κ3) is 4.44. The van der Waals surface area contributed by atoms with Crippen LogP contribution in [0.25, 0.3) is 0 Å². The molecule has 0 amide bonds. The smallest absolute Gasteiger partial charge is 0.333 e. The summed E-state index contributed by atoms with van der Waals surface area (Å²) in [5.74, 6) is 0.257. The van der Waals surface area contributed by atoms with Gasteiger partial charge in [0.1, 0.15) is 5.75 Å². The van der Waals surface area contributed by atoms with Gasteiger partial charge in [0.25, 0.3) is 0 Å². The maximum Gasteiger partial charge on any atom is 0.333 e. The first-order valence-corrected chi connectivity index (χ1v) is 9.57. The second-order valence-corrected chi connectivity index (χ2v) is 7.52. The van der Waals surface area contributed by atoms with E-state index in [2.05, 4.69) is 4.72 Å². The molecule has 3 rings (SSSR count). The van der Waals surface area contributed by atoms with Crippen LogP contribution in [-0.4, -0.2) is 31.4 Å². The van der Waals surface area contributed by atoms with Crippen LogP contribution < -0.4 is 9.46 Å². The molecule has 1 unspecified atom stereocenters. The molecule has 1 fully saturated rings.